The van der Waals surface area contributed by atoms with E-state index in [1.165, 1.54) is 32.2 Å². The predicted molar refractivity (Wildman–Crippen MR) is 94.0 cm³/mol. The highest BCUT2D eigenvalue weighted by atomic mass is 19.1. The van der Waals surface area contributed by atoms with E-state index in [2.05, 4.69) is 10.7 Å². The van der Waals surface area contributed by atoms with E-state index in [1.54, 1.807) is 30.3 Å². The average Bonchev–Trinajstić information content (AvgIpc) is 2.88. The van der Waals surface area contributed by atoms with Crippen molar-refractivity contribution in [1.29, 1.82) is 0 Å². The molecule has 0 saturated carbocycles. The van der Waals surface area contributed by atoms with Gasteiger partial charge in [-0.15, -0.1) is 0 Å². The second-order valence-corrected chi connectivity index (χ2v) is 6.23. The van der Waals surface area contributed by atoms with Crippen LogP contribution in [0.2, 0.25) is 0 Å². The molecule has 3 rings (SSSR count). The van der Waals surface area contributed by atoms with Crippen LogP contribution in [0, 0.1) is 5.82 Å². The van der Waals surface area contributed by atoms with Crippen molar-refractivity contribution in [2.45, 2.75) is 18.9 Å². The van der Waals surface area contributed by atoms with Gasteiger partial charge in [-0.2, -0.15) is 5.01 Å². The summed E-state index contributed by atoms with van der Waals surface area (Å²) >= 11 is 0. The Morgan fingerprint density at radius 1 is 1.22 bits per heavy atom. The number of ether oxygens (including phenoxy) is 1. The third kappa shape index (κ3) is 3.46. The number of rotatable bonds is 5. The summed E-state index contributed by atoms with van der Waals surface area (Å²) in [5.41, 5.74) is 1.55. The number of hydrogen-bond donors (Lipinski definition) is 2. The molecule has 0 aliphatic carbocycles. The zero-order valence-corrected chi connectivity index (χ0v) is 14.8. The number of nitrogens with zero attached hydrogens (tertiary/aromatic N) is 1. The fraction of sp³-hybridized carbons (Fsp3) is 0.211. The number of carbonyl (C=O) groups excluding carboxylic acids is 3. The first-order valence-electron chi connectivity index (χ1n) is 8.19. The van der Waals surface area contributed by atoms with E-state index in [4.69, 9.17) is 4.74 Å². The van der Waals surface area contributed by atoms with Gasteiger partial charge in [-0.25, -0.2) is 9.18 Å². The van der Waals surface area contributed by atoms with Crippen LogP contribution in [-0.2, 0) is 21.5 Å². The van der Waals surface area contributed by atoms with E-state index in [0.29, 0.717) is 16.3 Å². The highest BCUT2D eigenvalue weighted by Gasteiger charge is 2.50. The Balaban J connectivity index is 1.77. The maximum atomic E-state index is 13.7. The number of amides is 4. The van der Waals surface area contributed by atoms with Crippen molar-refractivity contribution in [3.05, 3.63) is 65.5 Å². The Hall–Kier alpha value is -3.42. The van der Waals surface area contributed by atoms with Gasteiger partial charge in [0.25, 0.3) is 5.91 Å². The summed E-state index contributed by atoms with van der Waals surface area (Å²) in [6.45, 7) is 1.53. The highest BCUT2D eigenvalue weighted by molar-refractivity contribution is 6.08. The number of urea groups is 1. The van der Waals surface area contributed by atoms with E-state index in [0.717, 1.165) is 0 Å². The quantitative estimate of drug-likeness (QED) is 0.786. The molecule has 1 atom stereocenters. The fourth-order valence-corrected chi connectivity index (χ4v) is 2.85. The molecule has 2 N–H and O–H groups in total. The van der Waals surface area contributed by atoms with Crippen LogP contribution in [0.15, 0.2) is 48.5 Å². The summed E-state index contributed by atoms with van der Waals surface area (Å²) in [7, 11) is 1.49. The Bertz CT molecular complexity index is 917. The Labute approximate surface area is 155 Å². The van der Waals surface area contributed by atoms with Crippen molar-refractivity contribution >= 4 is 17.8 Å². The number of hydrogen-bond acceptors (Lipinski definition) is 4. The predicted octanol–water partition coefficient (Wildman–Crippen LogP) is 1.88. The molecule has 0 spiro atoms. The lowest BCUT2D eigenvalue weighted by Gasteiger charge is -2.22. The number of hydrazine groups is 1. The first-order chi connectivity index (χ1) is 12.8. The maximum absolute atomic E-state index is 13.7. The summed E-state index contributed by atoms with van der Waals surface area (Å²) in [5, 5.41) is 3.19. The van der Waals surface area contributed by atoms with Gasteiger partial charge in [-0.1, -0.05) is 30.3 Å². The summed E-state index contributed by atoms with van der Waals surface area (Å²) < 4.78 is 18.8. The lowest BCUT2D eigenvalue weighted by molar-refractivity contribution is -0.138. The SMILES string of the molecule is COc1cccc([C@]2(C)NC(=O)N(NC(=O)Cc3ccccc3F)C2=O)c1. The number of nitrogens with one attached hydrogen (secondary N) is 2. The van der Waals surface area contributed by atoms with E-state index in [9.17, 15) is 18.8 Å². The van der Waals surface area contributed by atoms with Crippen LogP contribution >= 0.6 is 0 Å². The van der Waals surface area contributed by atoms with Crippen LogP contribution in [0.1, 0.15) is 18.1 Å². The number of benzene rings is 2. The Morgan fingerprint density at radius 3 is 2.67 bits per heavy atom. The van der Waals surface area contributed by atoms with Crippen molar-refractivity contribution in [3.63, 3.8) is 0 Å². The van der Waals surface area contributed by atoms with Gasteiger partial charge in [0.1, 0.15) is 17.1 Å². The van der Waals surface area contributed by atoms with E-state index in [1.807, 2.05) is 0 Å². The Kier molecular flexibility index (Phi) is 4.81. The second-order valence-electron chi connectivity index (χ2n) is 6.23. The lowest BCUT2D eigenvalue weighted by Crippen LogP contribution is -2.48. The molecule has 27 heavy (non-hydrogen) atoms. The highest BCUT2D eigenvalue weighted by Crippen LogP contribution is 2.30. The molecule has 0 aromatic heterocycles. The zero-order valence-electron chi connectivity index (χ0n) is 14.8. The summed E-state index contributed by atoms with van der Waals surface area (Å²) in [4.78, 5) is 37.3. The number of methoxy groups -OCH3 is 1. The molecule has 1 aliphatic heterocycles. The van der Waals surface area contributed by atoms with E-state index >= 15 is 0 Å². The van der Waals surface area contributed by atoms with E-state index < -0.39 is 29.2 Å². The third-order valence-electron chi connectivity index (χ3n) is 4.38. The standard InChI is InChI=1S/C19H18FN3O4/c1-19(13-7-5-8-14(11-13)27-2)17(25)23(18(26)21-19)22-16(24)10-12-6-3-4-9-15(12)20/h3-9,11H,10H2,1-2H3,(H,21,26)(H,22,24)/t19-/m0/s1. The molecule has 7 nitrogen and oxygen atoms in total. The topological polar surface area (TPSA) is 87.7 Å². The minimum atomic E-state index is -1.36. The normalized spacial score (nSPS) is 19.0. The summed E-state index contributed by atoms with van der Waals surface area (Å²) in [6.07, 6.45) is -0.306. The molecule has 8 heteroatoms. The molecule has 1 fully saturated rings. The van der Waals surface area contributed by atoms with Crippen LogP contribution in [0.5, 0.6) is 5.75 Å². The van der Waals surface area contributed by atoms with Gasteiger partial charge in [0.2, 0.25) is 5.91 Å². The van der Waals surface area contributed by atoms with Crippen LogP contribution in [0.3, 0.4) is 0 Å². The summed E-state index contributed by atoms with van der Waals surface area (Å²) in [6, 6.07) is 11.7. The third-order valence-corrected chi connectivity index (χ3v) is 4.38. The van der Waals surface area contributed by atoms with Gasteiger partial charge in [-0.05, 0) is 36.2 Å². The van der Waals surface area contributed by atoms with Crippen molar-refractivity contribution in [3.8, 4) is 5.75 Å². The van der Waals surface area contributed by atoms with Gasteiger partial charge in [0.05, 0.1) is 13.5 Å². The van der Waals surface area contributed by atoms with E-state index in [-0.39, 0.29) is 12.0 Å². The van der Waals surface area contributed by atoms with Crippen LogP contribution in [0.4, 0.5) is 9.18 Å². The molecule has 0 bridgehead atoms. The van der Waals surface area contributed by atoms with Crippen molar-refractivity contribution in [1.82, 2.24) is 15.8 Å². The molecule has 1 saturated heterocycles. The van der Waals surface area contributed by atoms with Crippen LogP contribution in [0.25, 0.3) is 0 Å². The lowest BCUT2D eigenvalue weighted by atomic mass is 9.92. The van der Waals surface area contributed by atoms with Crippen LogP contribution < -0.4 is 15.5 Å². The van der Waals surface area contributed by atoms with Gasteiger partial charge in [-0.3, -0.25) is 15.0 Å². The molecule has 0 radical (unpaired) electrons. The second kappa shape index (κ2) is 7.06. The average molecular weight is 371 g/mol. The minimum absolute atomic E-state index is 0.164. The fourth-order valence-electron chi connectivity index (χ4n) is 2.85. The molecule has 4 amide bonds. The molecule has 1 heterocycles. The zero-order chi connectivity index (χ0) is 19.6. The van der Waals surface area contributed by atoms with Crippen molar-refractivity contribution in [2.24, 2.45) is 0 Å². The maximum Gasteiger partial charge on any atom is 0.344 e. The minimum Gasteiger partial charge on any atom is -0.497 e. The van der Waals surface area contributed by atoms with Gasteiger partial charge < -0.3 is 10.1 Å². The van der Waals surface area contributed by atoms with Crippen LogP contribution in [-0.4, -0.2) is 30.0 Å². The number of carbonyl (C=O) groups is 3. The van der Waals surface area contributed by atoms with Crippen molar-refractivity contribution < 1.29 is 23.5 Å². The first kappa shape index (κ1) is 18.4. The summed E-state index contributed by atoms with van der Waals surface area (Å²) in [5.74, 6) is -1.34. The molecular weight excluding hydrogens is 353 g/mol. The van der Waals surface area contributed by atoms with Crippen molar-refractivity contribution in [2.75, 3.05) is 7.11 Å². The number of imide groups is 1. The molecule has 0 unspecified atom stereocenters. The van der Waals surface area contributed by atoms with Gasteiger partial charge in [0.15, 0.2) is 0 Å². The largest absolute Gasteiger partial charge is 0.497 e. The number of halogens is 1. The smallest absolute Gasteiger partial charge is 0.344 e. The van der Waals surface area contributed by atoms with Gasteiger partial charge >= 0.3 is 6.03 Å². The molecular formula is C19H18FN3O4. The molecule has 2 aromatic carbocycles. The first-order valence-corrected chi connectivity index (χ1v) is 8.19. The molecule has 140 valence electrons. The molecule has 1 aliphatic rings. The molecule has 2 aromatic rings. The Morgan fingerprint density at radius 2 is 1.96 bits per heavy atom. The monoisotopic (exact) mass is 371 g/mol. The van der Waals surface area contributed by atoms with Gasteiger partial charge in [0, 0.05) is 0 Å².